The molecule has 1 fully saturated rings. The third-order valence-electron chi connectivity index (χ3n) is 6.78. The minimum Gasteiger partial charge on any atom is -0.369 e. The van der Waals surface area contributed by atoms with Crippen LogP contribution in [0, 0.1) is 5.82 Å². The fourth-order valence-corrected chi connectivity index (χ4v) is 5.86. The molecule has 2 aromatic heterocycles. The van der Waals surface area contributed by atoms with Crippen molar-refractivity contribution in [2.45, 2.75) is 30.8 Å². The van der Waals surface area contributed by atoms with E-state index in [4.69, 9.17) is 0 Å². The van der Waals surface area contributed by atoms with Crippen LogP contribution >= 0.6 is 0 Å². The van der Waals surface area contributed by atoms with E-state index in [2.05, 4.69) is 42.9 Å². The van der Waals surface area contributed by atoms with Gasteiger partial charge >= 0.3 is 0 Å². The normalized spacial score (nSPS) is 17.9. The topological polar surface area (TPSA) is 83.4 Å². The number of anilines is 2. The highest BCUT2D eigenvalue weighted by molar-refractivity contribution is 7.92. The quantitative estimate of drug-likeness (QED) is 0.404. The Morgan fingerprint density at radius 3 is 2.64 bits per heavy atom. The lowest BCUT2D eigenvalue weighted by molar-refractivity contribution is 0.167. The molecular formula is C26H29FN6O2S. The predicted octanol–water partition coefficient (Wildman–Crippen LogP) is 4.14. The number of fused-ring (bicyclic) bond motifs is 1. The van der Waals surface area contributed by atoms with Crippen LogP contribution in [0.5, 0.6) is 0 Å². The van der Waals surface area contributed by atoms with E-state index in [1.165, 1.54) is 24.7 Å². The second kappa shape index (κ2) is 9.87. The Kier molecular flexibility index (Phi) is 6.63. The number of rotatable bonds is 7. The molecule has 2 aromatic carbocycles. The first kappa shape index (κ1) is 24.2. The van der Waals surface area contributed by atoms with E-state index in [1.54, 1.807) is 18.2 Å². The maximum absolute atomic E-state index is 14.1. The molecular weight excluding hydrogens is 479 g/mol. The number of halogens is 1. The maximum Gasteiger partial charge on any atom is 0.263 e. The third kappa shape index (κ3) is 4.91. The molecule has 0 amide bonds. The van der Waals surface area contributed by atoms with Crippen molar-refractivity contribution in [2.75, 3.05) is 35.8 Å². The Hall–Kier alpha value is -3.50. The first-order chi connectivity index (χ1) is 17.3. The summed E-state index contributed by atoms with van der Waals surface area (Å²) in [6.07, 6.45) is 4.74. The molecule has 36 heavy (non-hydrogen) atoms. The van der Waals surface area contributed by atoms with Crippen molar-refractivity contribution in [1.29, 1.82) is 0 Å². The zero-order valence-electron chi connectivity index (χ0n) is 20.3. The second-order valence-corrected chi connectivity index (χ2v) is 10.9. The number of nitrogens with one attached hydrogen (secondary N) is 1. The Labute approximate surface area is 210 Å². The van der Waals surface area contributed by atoms with Crippen LogP contribution in [0.25, 0.3) is 10.9 Å². The van der Waals surface area contributed by atoms with Gasteiger partial charge in [0.2, 0.25) is 0 Å². The second-order valence-electron chi connectivity index (χ2n) is 9.23. The van der Waals surface area contributed by atoms with Crippen LogP contribution < -0.4 is 9.62 Å². The molecule has 5 rings (SSSR count). The molecule has 8 nitrogen and oxygen atoms in total. The summed E-state index contributed by atoms with van der Waals surface area (Å²) in [5, 5.41) is 0.653. The summed E-state index contributed by atoms with van der Waals surface area (Å²) in [5.41, 5.74) is 1.90. The molecule has 0 bridgehead atoms. The molecule has 1 aliphatic heterocycles. The van der Waals surface area contributed by atoms with Crippen molar-refractivity contribution in [2.24, 2.45) is 0 Å². The molecule has 1 N–H and O–H groups in total. The first-order valence-corrected chi connectivity index (χ1v) is 13.4. The van der Waals surface area contributed by atoms with E-state index in [0.717, 1.165) is 37.4 Å². The van der Waals surface area contributed by atoms with Crippen LogP contribution in [-0.2, 0) is 10.0 Å². The van der Waals surface area contributed by atoms with Crippen molar-refractivity contribution in [3.63, 3.8) is 0 Å². The molecule has 4 aromatic rings. The molecule has 3 heterocycles. The van der Waals surface area contributed by atoms with Crippen molar-refractivity contribution >= 4 is 32.4 Å². The van der Waals surface area contributed by atoms with Gasteiger partial charge in [-0.2, -0.15) is 0 Å². The largest absolute Gasteiger partial charge is 0.369 e. The van der Waals surface area contributed by atoms with Crippen LogP contribution in [0.4, 0.5) is 15.9 Å². The van der Waals surface area contributed by atoms with Gasteiger partial charge < -0.3 is 9.47 Å². The third-order valence-corrected chi connectivity index (χ3v) is 8.15. The van der Waals surface area contributed by atoms with E-state index in [0.29, 0.717) is 11.4 Å². The number of aromatic nitrogens is 3. The van der Waals surface area contributed by atoms with Gasteiger partial charge in [0.15, 0.2) is 0 Å². The molecule has 1 aliphatic rings. The molecule has 0 saturated carbocycles. The van der Waals surface area contributed by atoms with E-state index < -0.39 is 10.0 Å². The zero-order valence-corrected chi connectivity index (χ0v) is 21.1. The molecule has 188 valence electrons. The lowest BCUT2D eigenvalue weighted by atomic mass is 10.1. The highest BCUT2D eigenvalue weighted by atomic mass is 32.2. The Bertz CT molecular complexity index is 1440. The van der Waals surface area contributed by atoms with E-state index >= 15 is 0 Å². The number of benzene rings is 2. The molecule has 0 spiro atoms. The SMILES string of the molecule is CC1CN(c2ccc(S(=O)(=O)Nc3ccncn3)cc2)CCN1C[C@H](C)n1ccc2c(F)cccc21. The molecule has 1 unspecified atom stereocenters. The summed E-state index contributed by atoms with van der Waals surface area (Å²) in [6, 6.07) is 16.0. The van der Waals surface area contributed by atoms with Gasteiger partial charge in [-0.25, -0.2) is 22.8 Å². The van der Waals surface area contributed by atoms with Crippen LogP contribution in [0.2, 0.25) is 0 Å². The predicted molar refractivity (Wildman–Crippen MR) is 139 cm³/mol. The number of piperazine rings is 1. The molecule has 2 atom stereocenters. The summed E-state index contributed by atoms with van der Waals surface area (Å²) < 4.78 is 44.1. The summed E-state index contributed by atoms with van der Waals surface area (Å²) in [7, 11) is -3.73. The lowest BCUT2D eigenvalue weighted by Gasteiger charge is -2.42. The summed E-state index contributed by atoms with van der Waals surface area (Å²) in [4.78, 5) is 12.6. The van der Waals surface area contributed by atoms with Crippen molar-refractivity contribution in [3.8, 4) is 0 Å². The van der Waals surface area contributed by atoms with Crippen LogP contribution in [0.1, 0.15) is 19.9 Å². The average Bonchev–Trinajstić information content (AvgIpc) is 3.31. The Morgan fingerprint density at radius 1 is 1.11 bits per heavy atom. The number of sulfonamides is 1. The highest BCUT2D eigenvalue weighted by Crippen LogP contribution is 2.26. The Morgan fingerprint density at radius 2 is 1.92 bits per heavy atom. The summed E-state index contributed by atoms with van der Waals surface area (Å²) in [6.45, 7) is 7.78. The monoisotopic (exact) mass is 508 g/mol. The average molecular weight is 509 g/mol. The standard InChI is InChI=1S/C26H29FN6O2S/c1-19-16-32(21-6-8-22(9-7-21)36(34,35)30-26-10-12-28-18-29-26)15-14-31(19)17-20(2)33-13-11-23-24(27)4-3-5-25(23)33/h3-13,18-20H,14-17H2,1-2H3,(H,28,29,30)/t19?,20-/m0/s1. The van der Waals surface area contributed by atoms with Gasteiger partial charge in [-0.3, -0.25) is 9.62 Å². The fourth-order valence-electron chi connectivity index (χ4n) is 4.85. The summed E-state index contributed by atoms with van der Waals surface area (Å²) >= 11 is 0. The molecule has 0 aliphatic carbocycles. The molecule has 1 saturated heterocycles. The minimum atomic E-state index is -3.73. The first-order valence-electron chi connectivity index (χ1n) is 11.9. The van der Waals surface area contributed by atoms with Crippen LogP contribution in [0.15, 0.2) is 78.2 Å². The molecule has 10 heteroatoms. The van der Waals surface area contributed by atoms with Gasteiger partial charge in [-0.05, 0) is 62.4 Å². The summed E-state index contributed by atoms with van der Waals surface area (Å²) in [5.74, 6) is 0.0374. The van der Waals surface area contributed by atoms with Gasteiger partial charge in [-0.1, -0.05) is 6.07 Å². The number of hydrogen-bond acceptors (Lipinski definition) is 6. The maximum atomic E-state index is 14.1. The Balaban J connectivity index is 1.22. The van der Waals surface area contributed by atoms with Gasteiger partial charge in [0, 0.05) is 61.7 Å². The smallest absolute Gasteiger partial charge is 0.263 e. The van der Waals surface area contributed by atoms with Crippen LogP contribution in [0.3, 0.4) is 0 Å². The van der Waals surface area contributed by atoms with E-state index in [1.807, 2.05) is 30.5 Å². The van der Waals surface area contributed by atoms with Gasteiger partial charge in [0.25, 0.3) is 10.0 Å². The van der Waals surface area contributed by atoms with Crippen molar-refractivity contribution in [1.82, 2.24) is 19.4 Å². The zero-order chi connectivity index (χ0) is 25.3. The van der Waals surface area contributed by atoms with E-state index in [-0.39, 0.29) is 22.6 Å². The molecule has 0 radical (unpaired) electrons. The minimum absolute atomic E-state index is 0.181. The van der Waals surface area contributed by atoms with Gasteiger partial charge in [-0.15, -0.1) is 0 Å². The number of nitrogens with zero attached hydrogens (tertiary/aromatic N) is 5. The van der Waals surface area contributed by atoms with Crippen molar-refractivity contribution in [3.05, 3.63) is 79.1 Å². The lowest BCUT2D eigenvalue weighted by Crippen LogP contribution is -2.53. The fraction of sp³-hybridized carbons (Fsp3) is 0.308. The van der Waals surface area contributed by atoms with Crippen molar-refractivity contribution < 1.29 is 12.8 Å². The van der Waals surface area contributed by atoms with Gasteiger partial charge in [0.05, 0.1) is 10.4 Å². The number of hydrogen-bond donors (Lipinski definition) is 1. The van der Waals surface area contributed by atoms with E-state index in [9.17, 15) is 12.8 Å². The van der Waals surface area contributed by atoms with Crippen LogP contribution in [-0.4, -0.2) is 60.1 Å². The highest BCUT2D eigenvalue weighted by Gasteiger charge is 2.26. The van der Waals surface area contributed by atoms with Gasteiger partial charge in [0.1, 0.15) is 18.0 Å².